The lowest BCUT2D eigenvalue weighted by Crippen LogP contribution is -2.30. The van der Waals surface area contributed by atoms with Crippen molar-refractivity contribution in [1.82, 2.24) is 0 Å². The minimum absolute atomic E-state index is 0.0943. The molecule has 0 rings (SSSR count). The van der Waals surface area contributed by atoms with E-state index in [9.17, 15) is 9.59 Å². The van der Waals surface area contributed by atoms with Crippen LogP contribution in [0.15, 0.2) is 12.2 Å². The van der Waals surface area contributed by atoms with Crippen LogP contribution >= 0.6 is 0 Å². The number of hydrogen-bond donors (Lipinski definition) is 0. The second-order valence-electron chi connectivity index (χ2n) is 19.9. The molecule has 0 aliphatic rings. The summed E-state index contributed by atoms with van der Waals surface area (Å²) >= 11 is 0. The maximum atomic E-state index is 12.8. The standard InChI is InChI=1S/C59H114O5/c1-4-7-10-13-16-19-22-25-27-29-30-31-32-35-37-40-43-46-49-52-58(60)63-56-57(64-59(61)53-50-47-44-41-38-34-24-21-18-15-12-9-6-3)55-62-54-51-48-45-42-39-36-33-28-26-23-20-17-14-11-8-5-2/h25,27,57H,4-24,26,28-56H2,1-3H3/b27-25-/t57-/m1/s1. The zero-order chi connectivity index (χ0) is 46.3. The molecule has 380 valence electrons. The third-order valence-corrected chi connectivity index (χ3v) is 13.3. The molecule has 0 heterocycles. The fraction of sp³-hybridized carbons (Fsp3) is 0.932. The van der Waals surface area contributed by atoms with Gasteiger partial charge in [0.05, 0.1) is 6.61 Å². The molecule has 0 aliphatic heterocycles. The Hall–Kier alpha value is -1.36. The topological polar surface area (TPSA) is 61.8 Å². The number of allylic oxidation sites excluding steroid dienone is 2. The predicted octanol–water partition coefficient (Wildman–Crippen LogP) is 19.8. The Labute approximate surface area is 401 Å². The van der Waals surface area contributed by atoms with E-state index in [2.05, 4.69) is 32.9 Å². The Morgan fingerprint density at radius 3 is 0.953 bits per heavy atom. The fourth-order valence-corrected chi connectivity index (χ4v) is 8.92. The van der Waals surface area contributed by atoms with Gasteiger partial charge in [-0.25, -0.2) is 0 Å². The smallest absolute Gasteiger partial charge is 0.306 e. The number of esters is 2. The van der Waals surface area contributed by atoms with Crippen LogP contribution in [0.4, 0.5) is 0 Å². The lowest BCUT2D eigenvalue weighted by Gasteiger charge is -2.18. The summed E-state index contributed by atoms with van der Waals surface area (Å²) < 4.78 is 17.5. The van der Waals surface area contributed by atoms with Crippen molar-refractivity contribution >= 4 is 11.9 Å². The van der Waals surface area contributed by atoms with Crippen LogP contribution in [0.5, 0.6) is 0 Å². The van der Waals surface area contributed by atoms with Gasteiger partial charge in [0.1, 0.15) is 6.61 Å². The zero-order valence-electron chi connectivity index (χ0n) is 43.8. The Kier molecular flexibility index (Phi) is 54.8. The molecule has 0 amide bonds. The van der Waals surface area contributed by atoms with E-state index in [1.807, 2.05) is 0 Å². The normalized spacial score (nSPS) is 12.1. The molecule has 0 fully saturated rings. The average Bonchev–Trinajstić information content (AvgIpc) is 3.30. The van der Waals surface area contributed by atoms with Crippen molar-refractivity contribution in [2.24, 2.45) is 0 Å². The Morgan fingerprint density at radius 2 is 0.609 bits per heavy atom. The highest BCUT2D eigenvalue weighted by Gasteiger charge is 2.17. The zero-order valence-corrected chi connectivity index (χ0v) is 43.8. The highest BCUT2D eigenvalue weighted by molar-refractivity contribution is 5.70. The van der Waals surface area contributed by atoms with Crippen LogP contribution < -0.4 is 0 Å². The van der Waals surface area contributed by atoms with Crippen molar-refractivity contribution in [1.29, 1.82) is 0 Å². The number of hydrogen-bond acceptors (Lipinski definition) is 5. The minimum Gasteiger partial charge on any atom is -0.462 e. The van der Waals surface area contributed by atoms with E-state index >= 15 is 0 Å². The molecule has 0 N–H and O–H groups in total. The highest BCUT2D eigenvalue weighted by atomic mass is 16.6. The molecule has 0 aromatic heterocycles. The molecule has 0 radical (unpaired) electrons. The SMILES string of the molecule is CCCCCCCC/C=C\CCCCCCCCCCCC(=O)OC[C@@H](COCCCCCCCCCCCCCCCCCC)OC(=O)CCCCCCCCCCCCCCC. The molecule has 0 bridgehead atoms. The third kappa shape index (κ3) is 53.3. The Morgan fingerprint density at radius 1 is 0.328 bits per heavy atom. The first-order valence-corrected chi connectivity index (χ1v) is 29.2. The number of ether oxygens (including phenoxy) is 3. The third-order valence-electron chi connectivity index (χ3n) is 13.3. The van der Waals surface area contributed by atoms with Crippen LogP contribution in [-0.2, 0) is 23.8 Å². The van der Waals surface area contributed by atoms with E-state index in [0.29, 0.717) is 26.1 Å². The van der Waals surface area contributed by atoms with Crippen LogP contribution in [0.25, 0.3) is 0 Å². The molecule has 0 saturated heterocycles. The molecule has 0 unspecified atom stereocenters. The van der Waals surface area contributed by atoms with Gasteiger partial charge in [-0.15, -0.1) is 0 Å². The fourth-order valence-electron chi connectivity index (χ4n) is 8.92. The molecule has 5 nitrogen and oxygen atoms in total. The van der Waals surface area contributed by atoms with Crippen molar-refractivity contribution in [3.05, 3.63) is 12.2 Å². The first kappa shape index (κ1) is 62.6. The second-order valence-corrected chi connectivity index (χ2v) is 19.9. The summed E-state index contributed by atoms with van der Waals surface area (Å²) in [5, 5.41) is 0. The summed E-state index contributed by atoms with van der Waals surface area (Å²) in [6, 6.07) is 0. The monoisotopic (exact) mass is 903 g/mol. The minimum atomic E-state index is -0.527. The molecule has 0 saturated carbocycles. The molecular weight excluding hydrogens is 789 g/mol. The Bertz CT molecular complexity index is 932. The predicted molar refractivity (Wildman–Crippen MR) is 279 cm³/mol. The van der Waals surface area contributed by atoms with E-state index in [0.717, 1.165) is 32.1 Å². The first-order chi connectivity index (χ1) is 31.6. The summed E-state index contributed by atoms with van der Waals surface area (Å²) in [7, 11) is 0. The van der Waals surface area contributed by atoms with Crippen molar-refractivity contribution in [3.63, 3.8) is 0 Å². The second kappa shape index (κ2) is 56.0. The molecule has 0 spiro atoms. The van der Waals surface area contributed by atoms with Crippen LogP contribution in [0.3, 0.4) is 0 Å². The van der Waals surface area contributed by atoms with Gasteiger partial charge in [0.25, 0.3) is 0 Å². The molecule has 0 aliphatic carbocycles. The van der Waals surface area contributed by atoms with Gasteiger partial charge in [0.2, 0.25) is 0 Å². The summed E-state index contributed by atoms with van der Waals surface area (Å²) in [5.74, 6) is -0.373. The molecule has 64 heavy (non-hydrogen) atoms. The van der Waals surface area contributed by atoms with Crippen molar-refractivity contribution in [3.8, 4) is 0 Å². The highest BCUT2D eigenvalue weighted by Crippen LogP contribution is 2.17. The van der Waals surface area contributed by atoms with Crippen molar-refractivity contribution in [2.75, 3.05) is 19.8 Å². The largest absolute Gasteiger partial charge is 0.462 e. The van der Waals surface area contributed by atoms with E-state index in [1.54, 1.807) is 0 Å². The molecule has 0 aromatic rings. The molecule has 5 heteroatoms. The number of carbonyl (C=O) groups is 2. The number of rotatable bonds is 55. The van der Waals surface area contributed by atoms with Crippen LogP contribution in [0.1, 0.15) is 329 Å². The van der Waals surface area contributed by atoms with Gasteiger partial charge in [-0.1, -0.05) is 283 Å². The van der Waals surface area contributed by atoms with Gasteiger partial charge in [-0.2, -0.15) is 0 Å². The summed E-state index contributed by atoms with van der Waals surface area (Å²) in [6.07, 6.45) is 65.2. The number of carbonyl (C=O) groups excluding carboxylic acids is 2. The maximum absolute atomic E-state index is 12.8. The molecule has 1 atom stereocenters. The quantitative estimate of drug-likeness (QED) is 0.0346. The maximum Gasteiger partial charge on any atom is 0.306 e. The van der Waals surface area contributed by atoms with Crippen LogP contribution in [-0.4, -0.2) is 37.9 Å². The van der Waals surface area contributed by atoms with Gasteiger partial charge in [-0.05, 0) is 44.9 Å². The Balaban J connectivity index is 4.17. The van der Waals surface area contributed by atoms with Crippen LogP contribution in [0.2, 0.25) is 0 Å². The van der Waals surface area contributed by atoms with Gasteiger partial charge < -0.3 is 14.2 Å². The van der Waals surface area contributed by atoms with Gasteiger partial charge in [-0.3, -0.25) is 9.59 Å². The van der Waals surface area contributed by atoms with E-state index in [-0.39, 0.29) is 18.5 Å². The van der Waals surface area contributed by atoms with Crippen molar-refractivity contribution in [2.45, 2.75) is 335 Å². The molecular formula is C59H114O5. The lowest BCUT2D eigenvalue weighted by molar-refractivity contribution is -0.163. The van der Waals surface area contributed by atoms with Crippen LogP contribution in [0, 0.1) is 0 Å². The average molecular weight is 904 g/mol. The van der Waals surface area contributed by atoms with E-state index in [4.69, 9.17) is 14.2 Å². The van der Waals surface area contributed by atoms with Gasteiger partial charge in [0, 0.05) is 19.4 Å². The number of unbranched alkanes of at least 4 members (excludes halogenated alkanes) is 42. The summed E-state index contributed by atoms with van der Waals surface area (Å²) in [6.45, 7) is 7.91. The summed E-state index contributed by atoms with van der Waals surface area (Å²) in [4.78, 5) is 25.5. The van der Waals surface area contributed by atoms with E-state index in [1.165, 1.54) is 263 Å². The lowest BCUT2D eigenvalue weighted by atomic mass is 10.0. The van der Waals surface area contributed by atoms with E-state index < -0.39 is 6.10 Å². The first-order valence-electron chi connectivity index (χ1n) is 29.2. The van der Waals surface area contributed by atoms with Crippen molar-refractivity contribution < 1.29 is 23.8 Å². The molecule has 0 aromatic carbocycles. The summed E-state index contributed by atoms with van der Waals surface area (Å²) in [5.41, 5.74) is 0. The van der Waals surface area contributed by atoms with Gasteiger partial charge >= 0.3 is 11.9 Å². The van der Waals surface area contributed by atoms with Gasteiger partial charge in [0.15, 0.2) is 6.10 Å².